The number of aromatic amines is 2. The predicted molar refractivity (Wildman–Crippen MR) is 42.9 cm³/mol. The Morgan fingerprint density at radius 2 is 2.45 bits per heavy atom. The molecule has 0 fully saturated rings. The van der Waals surface area contributed by atoms with E-state index in [0.717, 1.165) is 10.6 Å². The van der Waals surface area contributed by atoms with E-state index in [-0.39, 0.29) is 0 Å². The third-order valence-corrected chi connectivity index (χ3v) is 2.00. The summed E-state index contributed by atoms with van der Waals surface area (Å²) in [7, 11) is 0. The molecule has 2 heterocycles. The van der Waals surface area contributed by atoms with Crippen molar-refractivity contribution in [2.75, 3.05) is 0 Å². The molecule has 2 rings (SSSR count). The number of H-pyrrole nitrogens is 2. The van der Waals surface area contributed by atoms with E-state index in [1.165, 1.54) is 11.5 Å². The molecule has 0 saturated heterocycles. The van der Waals surface area contributed by atoms with Crippen LogP contribution in [0.3, 0.4) is 0 Å². The van der Waals surface area contributed by atoms with Crippen LogP contribution in [0.5, 0.6) is 0 Å². The van der Waals surface area contributed by atoms with Gasteiger partial charge in [-0.25, -0.2) is 9.59 Å². The first-order valence-electron chi connectivity index (χ1n) is 3.12. The van der Waals surface area contributed by atoms with E-state index in [4.69, 9.17) is 0 Å². The van der Waals surface area contributed by atoms with Crippen molar-refractivity contribution in [3.05, 3.63) is 24.5 Å². The molecule has 0 aromatic rings. The van der Waals surface area contributed by atoms with Gasteiger partial charge in [-0.05, 0) is 23.7 Å². The average Bonchev–Trinajstić information content (AvgIpc) is 2.28. The normalized spacial score (nSPS) is 9.82. The van der Waals surface area contributed by atoms with Crippen LogP contribution in [0, 0.1) is 0 Å². The largest absolute Gasteiger partial charge is 0.291 e. The Labute approximate surface area is 67.1 Å². The zero-order valence-electron chi connectivity index (χ0n) is 5.61. The number of aromatic nitrogens is 4. The van der Waals surface area contributed by atoms with Gasteiger partial charge in [0, 0.05) is 12.4 Å². The highest BCUT2D eigenvalue weighted by Gasteiger charge is 1.97. The smallest absolute Gasteiger partial charge is 0.105 e. The molecule has 0 atom stereocenters. The molecule has 0 aromatic carbocycles. The lowest BCUT2D eigenvalue weighted by Gasteiger charge is -1.94. The van der Waals surface area contributed by atoms with Gasteiger partial charge in [0.15, 0.2) is 0 Å². The van der Waals surface area contributed by atoms with Gasteiger partial charge in [0.25, 0.3) is 0 Å². The van der Waals surface area contributed by atoms with E-state index in [2.05, 4.69) is 19.8 Å². The van der Waals surface area contributed by atoms with E-state index in [1.54, 1.807) is 6.20 Å². The fourth-order valence-corrected chi connectivity index (χ4v) is 1.33. The highest BCUT2D eigenvalue weighted by atomic mass is 32.1. The number of nitrogens with zero attached hydrogens (tertiary/aromatic N) is 2. The molecular weight excluding hydrogens is 160 g/mol. The maximum absolute atomic E-state index is 4.04. The Morgan fingerprint density at radius 1 is 1.45 bits per heavy atom. The van der Waals surface area contributed by atoms with E-state index >= 15 is 0 Å². The summed E-state index contributed by atoms with van der Waals surface area (Å²) in [6.45, 7) is 0. The third kappa shape index (κ3) is 1.22. The SMILES string of the molecule is c1cnsc2c[nH][nH]nc-2c1. The second-order valence-corrected chi connectivity index (χ2v) is 2.80. The molecule has 0 radical (unpaired) electrons. The Hall–Kier alpha value is -1.36. The van der Waals surface area contributed by atoms with Gasteiger partial charge >= 0.3 is 0 Å². The van der Waals surface area contributed by atoms with Crippen molar-refractivity contribution in [1.82, 2.24) is 19.8 Å². The lowest BCUT2D eigenvalue weighted by Crippen LogP contribution is -1.88. The van der Waals surface area contributed by atoms with Crippen LogP contribution in [0.4, 0.5) is 0 Å². The second kappa shape index (κ2) is 2.71. The second-order valence-electron chi connectivity index (χ2n) is 1.97. The molecule has 0 bridgehead atoms. The summed E-state index contributed by atoms with van der Waals surface area (Å²) in [4.78, 5) is 1.02. The van der Waals surface area contributed by atoms with Crippen LogP contribution in [-0.4, -0.2) is 19.8 Å². The minimum atomic E-state index is 0.909. The van der Waals surface area contributed by atoms with Gasteiger partial charge in [0.1, 0.15) is 5.69 Å². The molecule has 2 N–H and O–H groups in total. The highest BCUT2D eigenvalue weighted by molar-refractivity contribution is 7.09. The molecule has 0 amide bonds. The van der Waals surface area contributed by atoms with Crippen LogP contribution in [0.1, 0.15) is 0 Å². The Morgan fingerprint density at radius 3 is 3.45 bits per heavy atom. The average molecular weight is 166 g/mol. The molecule has 0 spiro atoms. The lowest BCUT2D eigenvalue weighted by molar-refractivity contribution is 0.873. The topological polar surface area (TPSA) is 57.4 Å². The summed E-state index contributed by atoms with van der Waals surface area (Å²) in [5.41, 5.74) is 0.909. The van der Waals surface area contributed by atoms with Gasteiger partial charge in [-0.1, -0.05) is 0 Å². The molecule has 0 unspecified atom stereocenters. The molecule has 0 aliphatic carbocycles. The highest BCUT2D eigenvalue weighted by Crippen LogP contribution is 2.16. The Bertz CT molecular complexity index is 313. The minimum absolute atomic E-state index is 0.909. The number of hydrogen-bond acceptors (Lipinski definition) is 3. The maximum atomic E-state index is 4.04. The van der Waals surface area contributed by atoms with E-state index in [9.17, 15) is 0 Å². The van der Waals surface area contributed by atoms with E-state index < -0.39 is 0 Å². The summed E-state index contributed by atoms with van der Waals surface area (Å²) in [6, 6.07) is 3.77. The molecule has 0 aromatic heterocycles. The summed E-state index contributed by atoms with van der Waals surface area (Å²) in [6.07, 6.45) is 3.58. The Kier molecular flexibility index (Phi) is 1.57. The fraction of sp³-hybridized carbons (Fsp3) is 0. The summed E-state index contributed by atoms with van der Waals surface area (Å²) in [5.74, 6) is 0. The zero-order valence-corrected chi connectivity index (χ0v) is 6.43. The number of fused-ring (bicyclic) bond motifs is 1. The van der Waals surface area contributed by atoms with E-state index in [0.29, 0.717) is 0 Å². The number of hydrogen-bond donors (Lipinski definition) is 2. The van der Waals surface area contributed by atoms with Crippen LogP contribution < -0.4 is 0 Å². The first-order chi connectivity index (χ1) is 5.47. The summed E-state index contributed by atoms with van der Waals surface area (Å²) in [5, 5.41) is 9.45. The van der Waals surface area contributed by atoms with Crippen LogP contribution in [0.15, 0.2) is 24.5 Å². The van der Waals surface area contributed by atoms with Gasteiger partial charge in [0.2, 0.25) is 0 Å². The van der Waals surface area contributed by atoms with Crippen molar-refractivity contribution >= 4 is 11.5 Å². The van der Waals surface area contributed by atoms with Gasteiger partial charge < -0.3 is 0 Å². The van der Waals surface area contributed by atoms with Gasteiger partial charge in [-0.3, -0.25) is 5.10 Å². The quantitative estimate of drug-likeness (QED) is 0.622. The third-order valence-electron chi connectivity index (χ3n) is 1.25. The monoisotopic (exact) mass is 166 g/mol. The molecule has 2 aliphatic rings. The van der Waals surface area contributed by atoms with Crippen LogP contribution in [0.2, 0.25) is 0 Å². The number of rotatable bonds is 0. The molecule has 5 heteroatoms. The van der Waals surface area contributed by atoms with Crippen molar-refractivity contribution in [2.45, 2.75) is 0 Å². The molecule has 2 aliphatic heterocycles. The predicted octanol–water partition coefficient (Wildman–Crippen LogP) is 1.42. The van der Waals surface area contributed by atoms with Gasteiger partial charge in [0.05, 0.1) is 4.88 Å². The zero-order chi connectivity index (χ0) is 7.52. The van der Waals surface area contributed by atoms with Gasteiger partial charge in [-0.15, -0.1) is 0 Å². The molecule has 56 valence electrons. The molecular formula is C6H6N4S. The van der Waals surface area contributed by atoms with Crippen molar-refractivity contribution < 1.29 is 0 Å². The minimum Gasteiger partial charge on any atom is -0.291 e. The van der Waals surface area contributed by atoms with Crippen molar-refractivity contribution in [2.24, 2.45) is 0 Å². The number of nitrogens with one attached hydrogen (secondary N) is 2. The van der Waals surface area contributed by atoms with Crippen molar-refractivity contribution in [3.63, 3.8) is 0 Å². The molecule has 4 nitrogen and oxygen atoms in total. The lowest BCUT2D eigenvalue weighted by atomic mass is 10.4. The van der Waals surface area contributed by atoms with Gasteiger partial charge in [-0.2, -0.15) is 5.10 Å². The Balaban J connectivity index is 2.75. The fourth-order valence-electron chi connectivity index (χ4n) is 0.768. The van der Waals surface area contributed by atoms with Crippen molar-refractivity contribution in [3.8, 4) is 10.6 Å². The molecule has 11 heavy (non-hydrogen) atoms. The maximum Gasteiger partial charge on any atom is 0.105 e. The summed E-state index contributed by atoms with van der Waals surface area (Å²) >= 11 is 1.40. The van der Waals surface area contributed by atoms with Crippen LogP contribution >= 0.6 is 11.5 Å². The standard InChI is InChI=1S/C6H6N4S/c1-2-5-6(11-8-3-1)4-7-10-9-5/h1-4,7,10H. The first-order valence-corrected chi connectivity index (χ1v) is 3.90. The van der Waals surface area contributed by atoms with E-state index in [1.807, 2.05) is 18.3 Å². The van der Waals surface area contributed by atoms with Crippen molar-refractivity contribution in [1.29, 1.82) is 0 Å². The van der Waals surface area contributed by atoms with Crippen LogP contribution in [-0.2, 0) is 0 Å². The summed E-state index contributed by atoms with van der Waals surface area (Å²) < 4.78 is 4.04. The molecule has 0 saturated carbocycles. The first kappa shape index (κ1) is 6.36. The van der Waals surface area contributed by atoms with Crippen LogP contribution in [0.25, 0.3) is 10.6 Å².